The SMILES string of the molecule is O=C1CC(OCCOCc2ccccc2)C1. The third-order valence-corrected chi connectivity index (χ3v) is 2.60. The Kier molecular flexibility index (Phi) is 4.08. The highest BCUT2D eigenvalue weighted by Crippen LogP contribution is 2.17. The summed E-state index contributed by atoms with van der Waals surface area (Å²) < 4.78 is 10.9. The number of ketones is 1. The van der Waals surface area contributed by atoms with E-state index in [1.165, 1.54) is 5.56 Å². The molecule has 0 radical (unpaired) electrons. The zero-order valence-electron chi connectivity index (χ0n) is 9.22. The average molecular weight is 220 g/mol. The lowest BCUT2D eigenvalue weighted by molar-refractivity contribution is -0.135. The molecule has 0 spiro atoms. The maximum Gasteiger partial charge on any atom is 0.138 e. The number of hydrogen-bond acceptors (Lipinski definition) is 3. The molecule has 1 aliphatic rings. The van der Waals surface area contributed by atoms with Gasteiger partial charge in [-0.2, -0.15) is 0 Å². The van der Waals surface area contributed by atoms with Gasteiger partial charge in [0.1, 0.15) is 5.78 Å². The third kappa shape index (κ3) is 3.43. The van der Waals surface area contributed by atoms with Gasteiger partial charge in [0.2, 0.25) is 0 Å². The van der Waals surface area contributed by atoms with Crippen LogP contribution >= 0.6 is 0 Å². The van der Waals surface area contributed by atoms with Gasteiger partial charge >= 0.3 is 0 Å². The van der Waals surface area contributed by atoms with E-state index < -0.39 is 0 Å². The van der Waals surface area contributed by atoms with Crippen molar-refractivity contribution < 1.29 is 14.3 Å². The van der Waals surface area contributed by atoms with Crippen molar-refractivity contribution in [2.75, 3.05) is 13.2 Å². The third-order valence-electron chi connectivity index (χ3n) is 2.60. The van der Waals surface area contributed by atoms with Crippen LogP contribution < -0.4 is 0 Å². The minimum atomic E-state index is 0.146. The number of benzene rings is 1. The first kappa shape index (κ1) is 11.3. The highest BCUT2D eigenvalue weighted by molar-refractivity contribution is 5.85. The van der Waals surface area contributed by atoms with E-state index in [-0.39, 0.29) is 6.10 Å². The van der Waals surface area contributed by atoms with Gasteiger partial charge in [0.15, 0.2) is 0 Å². The highest BCUT2D eigenvalue weighted by atomic mass is 16.5. The van der Waals surface area contributed by atoms with Gasteiger partial charge in [0.25, 0.3) is 0 Å². The Hall–Kier alpha value is -1.19. The number of carbonyl (C=O) groups excluding carboxylic acids is 1. The molecule has 0 aliphatic heterocycles. The van der Waals surface area contributed by atoms with Gasteiger partial charge in [-0.25, -0.2) is 0 Å². The summed E-state index contributed by atoms with van der Waals surface area (Å²) in [5.41, 5.74) is 1.17. The molecule has 0 N–H and O–H groups in total. The van der Waals surface area contributed by atoms with Crippen molar-refractivity contribution >= 4 is 5.78 Å². The maximum atomic E-state index is 10.7. The van der Waals surface area contributed by atoms with Crippen LogP contribution in [0.4, 0.5) is 0 Å². The zero-order chi connectivity index (χ0) is 11.2. The molecule has 1 aliphatic carbocycles. The number of rotatable bonds is 6. The second-order valence-corrected chi connectivity index (χ2v) is 3.98. The van der Waals surface area contributed by atoms with Crippen LogP contribution in [0.3, 0.4) is 0 Å². The molecule has 2 rings (SSSR count). The van der Waals surface area contributed by atoms with Gasteiger partial charge < -0.3 is 9.47 Å². The van der Waals surface area contributed by atoms with Crippen molar-refractivity contribution in [3.63, 3.8) is 0 Å². The predicted octanol–water partition coefficient (Wildman–Crippen LogP) is 1.95. The first-order chi connectivity index (χ1) is 7.84. The molecule has 1 aromatic rings. The second-order valence-electron chi connectivity index (χ2n) is 3.98. The molecule has 0 amide bonds. The molecule has 0 saturated heterocycles. The molecule has 0 unspecified atom stereocenters. The van der Waals surface area contributed by atoms with Gasteiger partial charge in [-0.3, -0.25) is 4.79 Å². The van der Waals surface area contributed by atoms with E-state index in [1.807, 2.05) is 30.3 Å². The molecule has 16 heavy (non-hydrogen) atoms. The lowest BCUT2D eigenvalue weighted by atomic mass is 9.94. The molecule has 3 nitrogen and oxygen atoms in total. The van der Waals surface area contributed by atoms with Gasteiger partial charge in [-0.1, -0.05) is 30.3 Å². The van der Waals surface area contributed by atoms with Crippen molar-refractivity contribution in [3.05, 3.63) is 35.9 Å². The standard InChI is InChI=1S/C13H16O3/c14-12-8-13(9-12)16-7-6-15-10-11-4-2-1-3-5-11/h1-5,13H,6-10H2. The molecular weight excluding hydrogens is 204 g/mol. The first-order valence-electron chi connectivity index (χ1n) is 5.59. The van der Waals surface area contributed by atoms with E-state index in [2.05, 4.69) is 0 Å². The fraction of sp³-hybridized carbons (Fsp3) is 0.462. The van der Waals surface area contributed by atoms with Crippen LogP contribution in [0.2, 0.25) is 0 Å². The van der Waals surface area contributed by atoms with Crippen molar-refractivity contribution in [1.29, 1.82) is 0 Å². The summed E-state index contributed by atoms with van der Waals surface area (Å²) in [5.74, 6) is 0.301. The smallest absolute Gasteiger partial charge is 0.138 e. The minimum Gasteiger partial charge on any atom is -0.375 e. The number of carbonyl (C=O) groups is 1. The Balaban J connectivity index is 1.51. The number of ether oxygens (including phenoxy) is 2. The maximum absolute atomic E-state index is 10.7. The summed E-state index contributed by atoms with van der Waals surface area (Å²) in [4.78, 5) is 10.7. The summed E-state index contributed by atoms with van der Waals surface area (Å²) >= 11 is 0. The lowest BCUT2D eigenvalue weighted by Crippen LogP contribution is -2.32. The molecule has 1 aromatic carbocycles. The molecule has 0 aromatic heterocycles. The fourth-order valence-electron chi connectivity index (χ4n) is 1.60. The molecule has 1 saturated carbocycles. The normalized spacial score (nSPS) is 16.1. The van der Waals surface area contributed by atoms with E-state index in [1.54, 1.807) is 0 Å². The summed E-state index contributed by atoms with van der Waals surface area (Å²) in [5, 5.41) is 0. The van der Waals surface area contributed by atoms with Crippen LogP contribution in [0.25, 0.3) is 0 Å². The van der Waals surface area contributed by atoms with Crippen LogP contribution in [0.5, 0.6) is 0 Å². The largest absolute Gasteiger partial charge is 0.375 e. The molecule has 0 atom stereocenters. The predicted molar refractivity (Wildman–Crippen MR) is 60.1 cm³/mol. The highest BCUT2D eigenvalue weighted by Gasteiger charge is 2.26. The van der Waals surface area contributed by atoms with E-state index in [0.29, 0.717) is 38.4 Å². The second kappa shape index (κ2) is 5.77. The van der Waals surface area contributed by atoms with E-state index in [0.717, 1.165) is 0 Å². The number of Topliss-reactive ketones (excluding diaryl/α,β-unsaturated/α-hetero) is 1. The zero-order valence-corrected chi connectivity index (χ0v) is 9.22. The molecule has 86 valence electrons. The lowest BCUT2D eigenvalue weighted by Gasteiger charge is -2.24. The van der Waals surface area contributed by atoms with Crippen molar-refractivity contribution in [2.45, 2.75) is 25.6 Å². The summed E-state index contributed by atoms with van der Waals surface area (Å²) in [6, 6.07) is 10.0. The van der Waals surface area contributed by atoms with Crippen molar-refractivity contribution in [2.24, 2.45) is 0 Å². The molecule has 0 heterocycles. The Morgan fingerprint density at radius 1 is 1.12 bits per heavy atom. The van der Waals surface area contributed by atoms with Crippen LogP contribution in [0.1, 0.15) is 18.4 Å². The minimum absolute atomic E-state index is 0.146. The Morgan fingerprint density at radius 2 is 1.88 bits per heavy atom. The van der Waals surface area contributed by atoms with Gasteiger partial charge in [-0.15, -0.1) is 0 Å². The van der Waals surface area contributed by atoms with E-state index in [4.69, 9.17) is 9.47 Å². The molecule has 0 bridgehead atoms. The molecule has 1 fully saturated rings. The average Bonchev–Trinajstić information content (AvgIpc) is 2.27. The van der Waals surface area contributed by atoms with Crippen LogP contribution in [0, 0.1) is 0 Å². The van der Waals surface area contributed by atoms with E-state index in [9.17, 15) is 4.79 Å². The fourth-order valence-corrected chi connectivity index (χ4v) is 1.60. The summed E-state index contributed by atoms with van der Waals surface area (Å²) in [6.07, 6.45) is 1.31. The summed E-state index contributed by atoms with van der Waals surface area (Å²) in [7, 11) is 0. The molecular formula is C13H16O3. The topological polar surface area (TPSA) is 35.5 Å². The van der Waals surface area contributed by atoms with Gasteiger partial charge in [0, 0.05) is 12.8 Å². The van der Waals surface area contributed by atoms with Gasteiger partial charge in [-0.05, 0) is 5.56 Å². The van der Waals surface area contributed by atoms with Crippen molar-refractivity contribution in [3.8, 4) is 0 Å². The monoisotopic (exact) mass is 220 g/mol. The Labute approximate surface area is 95.4 Å². The van der Waals surface area contributed by atoms with Crippen molar-refractivity contribution in [1.82, 2.24) is 0 Å². The van der Waals surface area contributed by atoms with Crippen LogP contribution in [-0.2, 0) is 20.9 Å². The molecule has 3 heteroatoms. The quantitative estimate of drug-likeness (QED) is 0.687. The first-order valence-corrected chi connectivity index (χ1v) is 5.59. The van der Waals surface area contributed by atoms with Crippen LogP contribution in [0.15, 0.2) is 30.3 Å². The Morgan fingerprint density at radius 3 is 2.56 bits per heavy atom. The van der Waals surface area contributed by atoms with Gasteiger partial charge in [0.05, 0.1) is 25.9 Å². The van der Waals surface area contributed by atoms with E-state index >= 15 is 0 Å². The van der Waals surface area contributed by atoms with Crippen LogP contribution in [-0.4, -0.2) is 25.1 Å². The Bertz CT molecular complexity index is 326. The number of hydrogen-bond donors (Lipinski definition) is 0. The summed E-state index contributed by atoms with van der Waals surface area (Å²) in [6.45, 7) is 1.78.